The number of likely N-dealkylation sites (tertiary alicyclic amines) is 1. The highest BCUT2D eigenvalue weighted by Crippen LogP contribution is 2.17. The van der Waals surface area contributed by atoms with E-state index in [1.54, 1.807) is 18.3 Å². The molecule has 1 aliphatic rings. The molecule has 122 valence electrons. The van der Waals surface area contributed by atoms with Crippen LogP contribution in [0.3, 0.4) is 0 Å². The molecule has 0 atom stereocenters. The number of H-pyrrole nitrogens is 1. The summed E-state index contributed by atoms with van der Waals surface area (Å²) in [6.07, 6.45) is 3.60. The van der Waals surface area contributed by atoms with Gasteiger partial charge in [-0.15, -0.1) is 0 Å². The Hall–Kier alpha value is -1.98. The molecule has 1 fully saturated rings. The summed E-state index contributed by atoms with van der Waals surface area (Å²) in [5.41, 5.74) is 1.37. The van der Waals surface area contributed by atoms with E-state index in [1.807, 2.05) is 18.2 Å². The molecule has 23 heavy (non-hydrogen) atoms. The van der Waals surface area contributed by atoms with Crippen LogP contribution >= 0.6 is 0 Å². The average Bonchev–Trinajstić information content (AvgIpc) is 2.57. The summed E-state index contributed by atoms with van der Waals surface area (Å²) in [7, 11) is 0. The van der Waals surface area contributed by atoms with E-state index in [9.17, 15) is 9.18 Å². The molecule has 2 heterocycles. The number of piperidine rings is 1. The van der Waals surface area contributed by atoms with Crippen LogP contribution in [0.5, 0.6) is 0 Å². The van der Waals surface area contributed by atoms with Gasteiger partial charge in [-0.05, 0) is 25.0 Å². The maximum atomic E-state index is 13.6. The van der Waals surface area contributed by atoms with E-state index in [0.29, 0.717) is 18.7 Å². The molecule has 0 unspecified atom stereocenters. The number of nitrogens with one attached hydrogen (secondary N) is 1. The van der Waals surface area contributed by atoms with Crippen LogP contribution < -0.4 is 5.56 Å². The minimum Gasteiger partial charge on any atom is -0.373 e. The molecule has 5 heteroatoms. The molecule has 0 amide bonds. The van der Waals surface area contributed by atoms with Gasteiger partial charge in [0, 0.05) is 37.0 Å². The smallest absolute Gasteiger partial charge is 0.252 e. The fraction of sp³-hybridized carbons (Fsp3) is 0.389. The molecule has 0 bridgehead atoms. The lowest BCUT2D eigenvalue weighted by atomic mass is 10.1. The van der Waals surface area contributed by atoms with Crippen molar-refractivity contribution in [3.8, 4) is 0 Å². The van der Waals surface area contributed by atoms with Crippen LogP contribution in [0.1, 0.15) is 24.0 Å². The van der Waals surface area contributed by atoms with Crippen LogP contribution in [-0.2, 0) is 17.9 Å². The van der Waals surface area contributed by atoms with Crippen LogP contribution in [0.15, 0.2) is 47.4 Å². The number of halogens is 1. The maximum absolute atomic E-state index is 13.6. The minimum atomic E-state index is -0.215. The molecular weight excluding hydrogens is 295 g/mol. The summed E-state index contributed by atoms with van der Waals surface area (Å²) in [5, 5.41) is 0. The Kier molecular flexibility index (Phi) is 5.20. The molecule has 0 aliphatic carbocycles. The van der Waals surface area contributed by atoms with E-state index in [1.165, 1.54) is 6.07 Å². The second kappa shape index (κ2) is 7.53. The molecule has 1 aromatic carbocycles. The normalized spacial score (nSPS) is 16.6. The van der Waals surface area contributed by atoms with Gasteiger partial charge in [0.05, 0.1) is 12.7 Å². The first kappa shape index (κ1) is 15.9. The van der Waals surface area contributed by atoms with Crippen molar-refractivity contribution >= 4 is 0 Å². The van der Waals surface area contributed by atoms with Gasteiger partial charge in [-0.25, -0.2) is 4.39 Å². The van der Waals surface area contributed by atoms with E-state index in [-0.39, 0.29) is 17.5 Å². The summed E-state index contributed by atoms with van der Waals surface area (Å²) >= 11 is 0. The lowest BCUT2D eigenvalue weighted by Crippen LogP contribution is -2.37. The van der Waals surface area contributed by atoms with Gasteiger partial charge < -0.3 is 9.72 Å². The third kappa shape index (κ3) is 4.27. The number of benzene rings is 1. The van der Waals surface area contributed by atoms with Gasteiger partial charge in [0.15, 0.2) is 0 Å². The molecule has 0 radical (unpaired) electrons. The van der Waals surface area contributed by atoms with Crippen molar-refractivity contribution in [2.24, 2.45) is 0 Å². The fourth-order valence-electron chi connectivity index (χ4n) is 2.88. The summed E-state index contributed by atoms with van der Waals surface area (Å²) in [4.78, 5) is 16.7. The molecule has 0 spiro atoms. The van der Waals surface area contributed by atoms with Gasteiger partial charge in [-0.2, -0.15) is 0 Å². The number of aromatic amines is 1. The van der Waals surface area contributed by atoms with Gasteiger partial charge in [0.25, 0.3) is 5.56 Å². The number of pyridine rings is 1. The van der Waals surface area contributed by atoms with E-state index < -0.39 is 0 Å². The van der Waals surface area contributed by atoms with Gasteiger partial charge in [-0.1, -0.05) is 24.3 Å². The number of hydrogen-bond donors (Lipinski definition) is 1. The Bertz CT molecular complexity index is 693. The van der Waals surface area contributed by atoms with E-state index >= 15 is 0 Å². The fourth-order valence-corrected chi connectivity index (χ4v) is 2.88. The topological polar surface area (TPSA) is 45.3 Å². The van der Waals surface area contributed by atoms with Crippen LogP contribution in [0.4, 0.5) is 4.39 Å². The molecule has 1 N–H and O–H groups in total. The maximum Gasteiger partial charge on any atom is 0.252 e. The molecule has 0 saturated carbocycles. The zero-order valence-corrected chi connectivity index (χ0v) is 13.0. The van der Waals surface area contributed by atoms with Crippen LogP contribution in [0.2, 0.25) is 0 Å². The lowest BCUT2D eigenvalue weighted by molar-refractivity contribution is -0.00500. The molecule has 1 aromatic heterocycles. The first-order valence-electron chi connectivity index (χ1n) is 7.96. The Morgan fingerprint density at radius 3 is 2.61 bits per heavy atom. The summed E-state index contributed by atoms with van der Waals surface area (Å²) < 4.78 is 19.4. The van der Waals surface area contributed by atoms with Crippen LogP contribution in [0.25, 0.3) is 0 Å². The Morgan fingerprint density at radius 2 is 1.87 bits per heavy atom. The Morgan fingerprint density at radius 1 is 1.13 bits per heavy atom. The van der Waals surface area contributed by atoms with Crippen molar-refractivity contribution in [1.82, 2.24) is 9.88 Å². The van der Waals surface area contributed by atoms with Crippen molar-refractivity contribution in [2.45, 2.75) is 32.1 Å². The van der Waals surface area contributed by atoms with E-state index in [0.717, 1.165) is 31.5 Å². The average molecular weight is 316 g/mol. The summed E-state index contributed by atoms with van der Waals surface area (Å²) in [6, 6.07) is 10.4. The lowest BCUT2D eigenvalue weighted by Gasteiger charge is -2.31. The highest BCUT2D eigenvalue weighted by atomic mass is 19.1. The van der Waals surface area contributed by atoms with Crippen LogP contribution in [0, 0.1) is 5.82 Å². The zero-order valence-electron chi connectivity index (χ0n) is 13.0. The molecule has 1 aliphatic heterocycles. The second-order valence-corrected chi connectivity index (χ2v) is 5.90. The Balaban J connectivity index is 1.46. The largest absolute Gasteiger partial charge is 0.373 e. The number of nitrogens with zero attached hydrogens (tertiary/aromatic N) is 1. The highest BCUT2D eigenvalue weighted by molar-refractivity contribution is 5.16. The number of hydrogen-bond acceptors (Lipinski definition) is 3. The predicted octanol–water partition coefficient (Wildman–Crippen LogP) is 2.70. The third-order valence-electron chi connectivity index (χ3n) is 4.26. The van der Waals surface area contributed by atoms with Gasteiger partial charge in [0.2, 0.25) is 0 Å². The van der Waals surface area contributed by atoms with Gasteiger partial charge in [-0.3, -0.25) is 9.69 Å². The van der Waals surface area contributed by atoms with Gasteiger partial charge >= 0.3 is 0 Å². The quantitative estimate of drug-likeness (QED) is 0.922. The standard InChI is InChI=1S/C18H21FN2O2/c19-17-6-2-1-4-15(17)13-23-16-7-10-21(11-8-16)12-14-5-3-9-20-18(14)22/h1-6,9,16H,7-8,10-13H2,(H,20,22). The predicted molar refractivity (Wildman–Crippen MR) is 86.6 cm³/mol. The van der Waals surface area contributed by atoms with Crippen molar-refractivity contribution < 1.29 is 9.13 Å². The molecule has 4 nitrogen and oxygen atoms in total. The molecule has 3 rings (SSSR count). The summed E-state index contributed by atoms with van der Waals surface area (Å²) in [6.45, 7) is 2.75. The summed E-state index contributed by atoms with van der Waals surface area (Å²) in [5.74, 6) is -0.215. The van der Waals surface area contributed by atoms with Crippen molar-refractivity contribution in [2.75, 3.05) is 13.1 Å². The van der Waals surface area contributed by atoms with Crippen LogP contribution in [-0.4, -0.2) is 29.1 Å². The third-order valence-corrected chi connectivity index (χ3v) is 4.26. The zero-order chi connectivity index (χ0) is 16.1. The van der Waals surface area contributed by atoms with Crippen molar-refractivity contribution in [3.05, 3.63) is 69.9 Å². The highest BCUT2D eigenvalue weighted by Gasteiger charge is 2.20. The first-order chi connectivity index (χ1) is 11.2. The number of aromatic nitrogens is 1. The SMILES string of the molecule is O=c1[nH]cccc1CN1CCC(OCc2ccccc2F)CC1. The minimum absolute atomic E-state index is 0.0228. The van der Waals surface area contributed by atoms with E-state index in [2.05, 4.69) is 9.88 Å². The van der Waals surface area contributed by atoms with Crippen molar-refractivity contribution in [1.29, 1.82) is 0 Å². The molecular formula is C18H21FN2O2. The Labute approximate surface area is 134 Å². The second-order valence-electron chi connectivity index (χ2n) is 5.90. The number of ether oxygens (including phenoxy) is 1. The van der Waals surface area contributed by atoms with Gasteiger partial charge in [0.1, 0.15) is 5.82 Å². The molecule has 2 aromatic rings. The monoisotopic (exact) mass is 316 g/mol. The first-order valence-corrected chi connectivity index (χ1v) is 7.96. The van der Waals surface area contributed by atoms with E-state index in [4.69, 9.17) is 4.74 Å². The molecule has 1 saturated heterocycles. The van der Waals surface area contributed by atoms with Crippen molar-refractivity contribution in [3.63, 3.8) is 0 Å². The number of rotatable bonds is 5.